The summed E-state index contributed by atoms with van der Waals surface area (Å²) < 4.78 is 5.23. The number of nitrogens with zero attached hydrogens (tertiary/aromatic N) is 2. The number of halogens is 1. The second kappa shape index (κ2) is 6.47. The third kappa shape index (κ3) is 5.65. The van der Waals surface area contributed by atoms with Gasteiger partial charge in [-0.1, -0.05) is 11.6 Å². The largest absolute Gasteiger partial charge is 0.458 e. The second-order valence-electron chi connectivity index (χ2n) is 4.96. The third-order valence-electron chi connectivity index (χ3n) is 2.08. The van der Waals surface area contributed by atoms with Crippen molar-refractivity contribution in [2.75, 3.05) is 0 Å². The fourth-order valence-electron chi connectivity index (χ4n) is 1.39. The van der Waals surface area contributed by atoms with Gasteiger partial charge in [-0.3, -0.25) is 4.79 Å². The van der Waals surface area contributed by atoms with Gasteiger partial charge in [0.2, 0.25) is 6.41 Å². The molecule has 0 fully saturated rings. The summed E-state index contributed by atoms with van der Waals surface area (Å²) in [5, 5.41) is 9.94. The van der Waals surface area contributed by atoms with Gasteiger partial charge in [0.15, 0.2) is 5.15 Å². The molecule has 7 heteroatoms. The van der Waals surface area contributed by atoms with E-state index in [0.29, 0.717) is 12.0 Å². The van der Waals surface area contributed by atoms with E-state index in [9.17, 15) is 9.59 Å². The average Bonchev–Trinajstić information content (AvgIpc) is 2.26. The molecule has 0 aliphatic heterocycles. The van der Waals surface area contributed by atoms with E-state index in [1.165, 1.54) is 6.20 Å². The topological polar surface area (TPSA) is 81.2 Å². The highest BCUT2D eigenvalue weighted by Gasteiger charge is 2.25. The van der Waals surface area contributed by atoms with E-state index in [1.807, 2.05) is 0 Å². The molecule has 0 radical (unpaired) electrons. The van der Waals surface area contributed by atoms with E-state index < -0.39 is 17.6 Å². The van der Waals surface area contributed by atoms with Gasteiger partial charge in [-0.25, -0.2) is 4.79 Å². The van der Waals surface area contributed by atoms with Gasteiger partial charge in [0.25, 0.3) is 0 Å². The number of hydrogen-bond donors (Lipinski definition) is 1. The van der Waals surface area contributed by atoms with Gasteiger partial charge < -0.3 is 10.1 Å². The van der Waals surface area contributed by atoms with Gasteiger partial charge in [0.05, 0.1) is 6.20 Å². The molecule has 104 valence electrons. The van der Waals surface area contributed by atoms with Crippen molar-refractivity contribution in [2.24, 2.45) is 0 Å². The Balaban J connectivity index is 2.77. The second-order valence-corrected chi connectivity index (χ2v) is 5.35. The van der Waals surface area contributed by atoms with Crippen LogP contribution in [0.3, 0.4) is 0 Å². The molecule has 1 aromatic heterocycles. The lowest BCUT2D eigenvalue weighted by Crippen LogP contribution is -2.42. The quantitative estimate of drug-likeness (QED) is 0.648. The number of carbonyl (C=O) groups is 2. The molecular formula is C12H16ClN3O3. The first-order valence-corrected chi connectivity index (χ1v) is 6.09. The number of carbonyl (C=O) groups excluding carboxylic acids is 2. The highest BCUT2D eigenvalue weighted by atomic mass is 35.5. The van der Waals surface area contributed by atoms with Crippen molar-refractivity contribution in [2.45, 2.75) is 38.8 Å². The third-order valence-corrected chi connectivity index (χ3v) is 2.27. The zero-order chi connectivity index (χ0) is 14.5. The van der Waals surface area contributed by atoms with Crippen molar-refractivity contribution in [1.82, 2.24) is 15.5 Å². The molecule has 19 heavy (non-hydrogen) atoms. The Hall–Kier alpha value is -1.69. The summed E-state index contributed by atoms with van der Waals surface area (Å²) in [7, 11) is 0. The Morgan fingerprint density at radius 3 is 2.79 bits per heavy atom. The SMILES string of the molecule is CC(C)(C)OC(=O)C(Cc1cnnc(Cl)c1)NC=O. The van der Waals surface area contributed by atoms with E-state index in [0.717, 1.165) is 0 Å². The van der Waals surface area contributed by atoms with Crippen LogP contribution in [0.5, 0.6) is 0 Å². The fraction of sp³-hybridized carbons (Fsp3) is 0.500. The Morgan fingerprint density at radius 2 is 2.26 bits per heavy atom. The van der Waals surface area contributed by atoms with E-state index in [4.69, 9.17) is 16.3 Å². The van der Waals surface area contributed by atoms with Crippen LogP contribution in [0.2, 0.25) is 5.15 Å². The molecule has 0 saturated heterocycles. The van der Waals surface area contributed by atoms with Crippen LogP contribution in [0.15, 0.2) is 12.3 Å². The maximum absolute atomic E-state index is 11.9. The maximum Gasteiger partial charge on any atom is 0.329 e. The molecule has 1 N–H and O–H groups in total. The molecule has 0 aromatic carbocycles. The predicted molar refractivity (Wildman–Crippen MR) is 69.6 cm³/mol. The zero-order valence-corrected chi connectivity index (χ0v) is 11.8. The molecule has 0 saturated carbocycles. The summed E-state index contributed by atoms with van der Waals surface area (Å²) in [4.78, 5) is 22.5. The Bertz CT molecular complexity index is 460. The maximum atomic E-state index is 11.9. The molecule has 1 amide bonds. The fourth-order valence-corrected chi connectivity index (χ4v) is 1.57. The minimum Gasteiger partial charge on any atom is -0.458 e. The molecule has 0 bridgehead atoms. The lowest BCUT2D eigenvalue weighted by molar-refractivity contribution is -0.158. The summed E-state index contributed by atoms with van der Waals surface area (Å²) in [5.41, 5.74) is 0.0684. The molecule has 1 atom stereocenters. The average molecular weight is 286 g/mol. The standard InChI is InChI=1S/C12H16ClN3O3/c1-12(2,3)19-11(18)9(14-7-17)4-8-5-10(13)16-15-6-8/h5-7,9H,4H2,1-3H3,(H,14,17). The molecule has 0 aliphatic rings. The van der Waals surface area contributed by atoms with Crippen LogP contribution in [0.25, 0.3) is 0 Å². The van der Waals surface area contributed by atoms with Gasteiger partial charge in [-0.05, 0) is 32.4 Å². The van der Waals surface area contributed by atoms with Crippen LogP contribution in [0.1, 0.15) is 26.3 Å². The highest BCUT2D eigenvalue weighted by Crippen LogP contribution is 2.12. The monoisotopic (exact) mass is 285 g/mol. The molecule has 0 spiro atoms. The molecule has 1 unspecified atom stereocenters. The molecule has 1 rings (SSSR count). The van der Waals surface area contributed by atoms with E-state index in [2.05, 4.69) is 15.5 Å². The predicted octanol–water partition coefficient (Wildman–Crippen LogP) is 1.13. The molecular weight excluding hydrogens is 270 g/mol. The van der Waals surface area contributed by atoms with Gasteiger partial charge >= 0.3 is 5.97 Å². The number of ether oxygens (including phenoxy) is 1. The van der Waals surface area contributed by atoms with Crippen LogP contribution in [0, 0.1) is 0 Å². The summed E-state index contributed by atoms with van der Waals surface area (Å²) in [6.07, 6.45) is 2.18. The van der Waals surface area contributed by atoms with E-state index in [-0.39, 0.29) is 11.6 Å². The number of rotatable bonds is 5. The number of nitrogens with one attached hydrogen (secondary N) is 1. The zero-order valence-electron chi connectivity index (χ0n) is 11.0. The van der Waals surface area contributed by atoms with Crippen molar-refractivity contribution in [3.63, 3.8) is 0 Å². The summed E-state index contributed by atoms with van der Waals surface area (Å²) >= 11 is 5.71. The summed E-state index contributed by atoms with van der Waals surface area (Å²) in [5.74, 6) is -0.507. The van der Waals surface area contributed by atoms with Crippen LogP contribution in [0.4, 0.5) is 0 Å². The van der Waals surface area contributed by atoms with E-state index >= 15 is 0 Å². The van der Waals surface area contributed by atoms with Gasteiger partial charge in [0, 0.05) is 6.42 Å². The molecule has 6 nitrogen and oxygen atoms in total. The molecule has 1 aromatic rings. The normalized spacial score (nSPS) is 12.6. The highest BCUT2D eigenvalue weighted by molar-refractivity contribution is 6.29. The first-order valence-electron chi connectivity index (χ1n) is 5.71. The lowest BCUT2D eigenvalue weighted by atomic mass is 10.1. The lowest BCUT2D eigenvalue weighted by Gasteiger charge is -2.23. The molecule has 0 aliphatic carbocycles. The van der Waals surface area contributed by atoms with E-state index in [1.54, 1.807) is 26.8 Å². The number of amides is 1. The van der Waals surface area contributed by atoms with Crippen molar-refractivity contribution >= 4 is 24.0 Å². The van der Waals surface area contributed by atoms with Crippen LogP contribution < -0.4 is 5.32 Å². The Kier molecular flexibility index (Phi) is 5.23. The first-order chi connectivity index (χ1) is 8.81. The van der Waals surface area contributed by atoms with Crippen molar-refractivity contribution in [3.05, 3.63) is 23.0 Å². The number of hydrogen-bond acceptors (Lipinski definition) is 5. The summed E-state index contributed by atoms with van der Waals surface area (Å²) in [6, 6.07) is 0.801. The minimum atomic E-state index is -0.781. The minimum absolute atomic E-state index is 0.228. The first kappa shape index (κ1) is 15.4. The van der Waals surface area contributed by atoms with Gasteiger partial charge in [-0.2, -0.15) is 5.10 Å². The van der Waals surface area contributed by atoms with Crippen LogP contribution in [-0.2, 0) is 20.7 Å². The molecule has 1 heterocycles. The van der Waals surface area contributed by atoms with Gasteiger partial charge in [0.1, 0.15) is 11.6 Å². The number of esters is 1. The van der Waals surface area contributed by atoms with Crippen molar-refractivity contribution in [1.29, 1.82) is 0 Å². The Labute approximate surface area is 116 Å². The van der Waals surface area contributed by atoms with Crippen LogP contribution in [-0.4, -0.2) is 34.2 Å². The Morgan fingerprint density at radius 1 is 1.58 bits per heavy atom. The van der Waals surface area contributed by atoms with Crippen molar-refractivity contribution in [3.8, 4) is 0 Å². The smallest absolute Gasteiger partial charge is 0.329 e. The van der Waals surface area contributed by atoms with Crippen LogP contribution >= 0.6 is 11.6 Å². The number of aromatic nitrogens is 2. The summed E-state index contributed by atoms with van der Waals surface area (Å²) in [6.45, 7) is 5.27. The van der Waals surface area contributed by atoms with Gasteiger partial charge in [-0.15, -0.1) is 5.10 Å². The van der Waals surface area contributed by atoms with Crippen molar-refractivity contribution < 1.29 is 14.3 Å².